The molecule has 0 heterocycles. The van der Waals surface area contributed by atoms with E-state index < -0.39 is 10.0 Å². The van der Waals surface area contributed by atoms with Gasteiger partial charge in [0.15, 0.2) is 0 Å². The number of ether oxygens (including phenoxy) is 1. The SMILES string of the molecule is CS(=O)(=O)N(CCCC(=O)NCCOc1ccc(Cl)cc1)c1c(Cl)cccc1Cl. The highest BCUT2D eigenvalue weighted by Gasteiger charge is 2.22. The molecule has 10 heteroatoms. The van der Waals surface area contributed by atoms with Crippen molar-refractivity contribution in [2.75, 3.05) is 30.3 Å². The van der Waals surface area contributed by atoms with E-state index in [0.717, 1.165) is 10.6 Å². The third-order valence-electron chi connectivity index (χ3n) is 3.86. The summed E-state index contributed by atoms with van der Waals surface area (Å²) < 4.78 is 30.9. The smallest absolute Gasteiger partial charge is 0.232 e. The van der Waals surface area contributed by atoms with Crippen LogP contribution >= 0.6 is 34.8 Å². The second-order valence-electron chi connectivity index (χ2n) is 6.16. The molecule has 0 atom stereocenters. The van der Waals surface area contributed by atoms with Crippen LogP contribution in [0, 0.1) is 0 Å². The Balaban J connectivity index is 1.80. The first-order chi connectivity index (χ1) is 13.7. The van der Waals surface area contributed by atoms with E-state index in [-0.39, 0.29) is 34.6 Å². The average molecular weight is 480 g/mol. The molecule has 158 valence electrons. The number of hydrogen-bond donors (Lipinski definition) is 1. The highest BCUT2D eigenvalue weighted by atomic mass is 35.5. The number of carbonyl (C=O) groups excluding carboxylic acids is 1. The lowest BCUT2D eigenvalue weighted by Gasteiger charge is -2.24. The minimum atomic E-state index is -3.61. The molecule has 0 aliphatic rings. The predicted octanol–water partition coefficient (Wildman–Crippen LogP) is 4.39. The number of para-hydroxylation sites is 1. The third-order valence-corrected chi connectivity index (χ3v) is 5.89. The van der Waals surface area contributed by atoms with Crippen molar-refractivity contribution in [1.82, 2.24) is 5.32 Å². The zero-order valence-electron chi connectivity index (χ0n) is 15.7. The van der Waals surface area contributed by atoms with Gasteiger partial charge in [-0.15, -0.1) is 0 Å². The van der Waals surface area contributed by atoms with E-state index in [9.17, 15) is 13.2 Å². The quantitative estimate of drug-likeness (QED) is 0.513. The molecule has 2 aromatic rings. The molecular formula is C19H21Cl3N2O4S. The number of amides is 1. The van der Waals surface area contributed by atoms with Crippen molar-refractivity contribution < 1.29 is 17.9 Å². The largest absolute Gasteiger partial charge is 0.492 e. The fraction of sp³-hybridized carbons (Fsp3) is 0.316. The fourth-order valence-electron chi connectivity index (χ4n) is 2.53. The van der Waals surface area contributed by atoms with Crippen molar-refractivity contribution in [3.05, 3.63) is 57.5 Å². The average Bonchev–Trinajstić information content (AvgIpc) is 2.64. The summed E-state index contributed by atoms with van der Waals surface area (Å²) in [7, 11) is -3.61. The van der Waals surface area contributed by atoms with E-state index in [4.69, 9.17) is 39.5 Å². The summed E-state index contributed by atoms with van der Waals surface area (Å²) in [6.45, 7) is 0.711. The van der Waals surface area contributed by atoms with Gasteiger partial charge in [-0.3, -0.25) is 9.10 Å². The van der Waals surface area contributed by atoms with Crippen LogP contribution in [0.5, 0.6) is 5.75 Å². The summed E-state index contributed by atoms with van der Waals surface area (Å²) in [5.74, 6) is 0.451. The second-order valence-corrected chi connectivity index (χ2v) is 9.32. The van der Waals surface area contributed by atoms with Gasteiger partial charge in [-0.2, -0.15) is 0 Å². The summed E-state index contributed by atoms with van der Waals surface area (Å²) in [6, 6.07) is 11.7. The molecule has 29 heavy (non-hydrogen) atoms. The summed E-state index contributed by atoms with van der Waals surface area (Å²) in [4.78, 5) is 12.0. The summed E-state index contributed by atoms with van der Waals surface area (Å²) in [6.07, 6.45) is 1.52. The maximum atomic E-state index is 12.2. The third kappa shape index (κ3) is 7.59. The predicted molar refractivity (Wildman–Crippen MR) is 118 cm³/mol. The molecule has 2 rings (SSSR count). The summed E-state index contributed by atoms with van der Waals surface area (Å²) in [5.41, 5.74) is 0.218. The van der Waals surface area contributed by atoms with Gasteiger partial charge in [0, 0.05) is 18.0 Å². The number of nitrogens with zero attached hydrogens (tertiary/aromatic N) is 1. The van der Waals surface area contributed by atoms with E-state index >= 15 is 0 Å². The molecule has 6 nitrogen and oxygen atoms in total. The first kappa shape index (κ1) is 23.6. The van der Waals surface area contributed by atoms with Crippen molar-refractivity contribution in [2.45, 2.75) is 12.8 Å². The van der Waals surface area contributed by atoms with Crippen LogP contribution in [0.2, 0.25) is 15.1 Å². The van der Waals surface area contributed by atoms with E-state index in [2.05, 4.69) is 5.32 Å². The van der Waals surface area contributed by atoms with Gasteiger partial charge in [0.1, 0.15) is 12.4 Å². The lowest BCUT2D eigenvalue weighted by Crippen LogP contribution is -2.33. The molecule has 0 bridgehead atoms. The molecule has 0 aromatic heterocycles. The number of rotatable bonds is 10. The standard InChI is InChI=1S/C19H21Cl3N2O4S/c1-29(26,27)24(19-16(21)4-2-5-17(19)22)12-3-6-18(25)23-11-13-28-15-9-7-14(20)8-10-15/h2,4-5,7-10H,3,6,11-13H2,1H3,(H,23,25). The number of benzene rings is 2. The first-order valence-electron chi connectivity index (χ1n) is 8.75. The maximum Gasteiger partial charge on any atom is 0.232 e. The first-order valence-corrected chi connectivity index (χ1v) is 11.7. The molecule has 0 aliphatic carbocycles. The topological polar surface area (TPSA) is 75.7 Å². The molecule has 0 unspecified atom stereocenters. The Labute approximate surface area is 185 Å². The highest BCUT2D eigenvalue weighted by Crippen LogP contribution is 2.35. The molecule has 0 aliphatic heterocycles. The monoisotopic (exact) mass is 478 g/mol. The van der Waals surface area contributed by atoms with Crippen molar-refractivity contribution in [3.63, 3.8) is 0 Å². The lowest BCUT2D eigenvalue weighted by atomic mass is 10.2. The Morgan fingerprint density at radius 2 is 1.69 bits per heavy atom. The molecule has 0 radical (unpaired) electrons. The molecule has 0 saturated carbocycles. The summed E-state index contributed by atoms with van der Waals surface area (Å²) in [5, 5.41) is 3.80. The fourth-order valence-corrected chi connectivity index (χ4v) is 4.35. The van der Waals surface area contributed by atoms with E-state index in [1.54, 1.807) is 42.5 Å². The van der Waals surface area contributed by atoms with Gasteiger partial charge in [0.25, 0.3) is 0 Å². The van der Waals surface area contributed by atoms with Crippen LogP contribution in [-0.4, -0.2) is 40.3 Å². The van der Waals surface area contributed by atoms with Gasteiger partial charge in [-0.25, -0.2) is 8.42 Å². The van der Waals surface area contributed by atoms with E-state index in [1.165, 1.54) is 0 Å². The zero-order chi connectivity index (χ0) is 21.4. The van der Waals surface area contributed by atoms with Gasteiger partial charge in [0.2, 0.25) is 15.9 Å². The van der Waals surface area contributed by atoms with Crippen LogP contribution in [0.25, 0.3) is 0 Å². The number of sulfonamides is 1. The number of carbonyl (C=O) groups is 1. The molecule has 1 N–H and O–H groups in total. The van der Waals surface area contributed by atoms with Gasteiger partial charge in [-0.05, 0) is 42.8 Å². The lowest BCUT2D eigenvalue weighted by molar-refractivity contribution is -0.121. The van der Waals surface area contributed by atoms with Crippen molar-refractivity contribution in [2.24, 2.45) is 0 Å². The molecule has 1 amide bonds. The van der Waals surface area contributed by atoms with E-state index in [1.807, 2.05) is 0 Å². The Morgan fingerprint density at radius 1 is 1.07 bits per heavy atom. The Morgan fingerprint density at radius 3 is 2.28 bits per heavy atom. The molecule has 0 fully saturated rings. The minimum Gasteiger partial charge on any atom is -0.492 e. The number of anilines is 1. The van der Waals surface area contributed by atoms with Gasteiger partial charge < -0.3 is 10.1 Å². The van der Waals surface area contributed by atoms with Crippen LogP contribution in [0.3, 0.4) is 0 Å². The second kappa shape index (κ2) is 10.9. The van der Waals surface area contributed by atoms with Crippen LogP contribution in [0.4, 0.5) is 5.69 Å². The number of nitrogens with one attached hydrogen (secondary N) is 1. The van der Waals surface area contributed by atoms with Crippen molar-refractivity contribution >= 4 is 56.4 Å². The molecule has 0 spiro atoms. The van der Waals surface area contributed by atoms with Gasteiger partial charge in [-0.1, -0.05) is 40.9 Å². The number of halogens is 3. The molecule has 2 aromatic carbocycles. The summed E-state index contributed by atoms with van der Waals surface area (Å²) >= 11 is 18.1. The van der Waals surface area contributed by atoms with Crippen LogP contribution in [-0.2, 0) is 14.8 Å². The minimum absolute atomic E-state index is 0.0803. The normalized spacial score (nSPS) is 11.2. The van der Waals surface area contributed by atoms with Crippen LogP contribution in [0.1, 0.15) is 12.8 Å². The van der Waals surface area contributed by atoms with Gasteiger partial charge in [0.05, 0.1) is 28.5 Å². The molecule has 0 saturated heterocycles. The highest BCUT2D eigenvalue weighted by molar-refractivity contribution is 7.92. The van der Waals surface area contributed by atoms with E-state index in [0.29, 0.717) is 30.3 Å². The van der Waals surface area contributed by atoms with Crippen molar-refractivity contribution in [3.8, 4) is 5.75 Å². The maximum absolute atomic E-state index is 12.2. The zero-order valence-corrected chi connectivity index (χ0v) is 18.8. The van der Waals surface area contributed by atoms with Crippen molar-refractivity contribution in [1.29, 1.82) is 0 Å². The molecular weight excluding hydrogens is 459 g/mol. The Kier molecular flexibility index (Phi) is 8.89. The van der Waals surface area contributed by atoms with Crippen LogP contribution < -0.4 is 14.4 Å². The Hall–Kier alpha value is -1.67. The number of hydrogen-bond acceptors (Lipinski definition) is 4. The van der Waals surface area contributed by atoms with Gasteiger partial charge >= 0.3 is 0 Å². The Bertz CT molecular complexity index is 917. The van der Waals surface area contributed by atoms with Crippen LogP contribution in [0.15, 0.2) is 42.5 Å².